The molecule has 5 nitrogen and oxygen atoms in total. The standard InChI is InChI=1S/C14H22ClN3O2S/c1-21(19,20)18-9-7-17(8-10-18)6-5-14(16)12-3-2-4-13(15)11-12/h2-4,11,14H,5-10,16H2,1H3. The molecule has 0 aliphatic carbocycles. The lowest BCUT2D eigenvalue weighted by molar-refractivity contribution is 0.184. The fourth-order valence-electron chi connectivity index (χ4n) is 2.51. The molecule has 0 aromatic heterocycles. The summed E-state index contributed by atoms with van der Waals surface area (Å²) in [4.78, 5) is 2.26. The van der Waals surface area contributed by atoms with E-state index in [9.17, 15) is 8.42 Å². The molecule has 7 heteroatoms. The predicted molar refractivity (Wildman–Crippen MR) is 85.9 cm³/mol. The zero-order chi connectivity index (χ0) is 15.5. The van der Waals surface area contributed by atoms with Crippen molar-refractivity contribution in [3.8, 4) is 0 Å². The second-order valence-electron chi connectivity index (χ2n) is 5.45. The Morgan fingerprint density at radius 3 is 2.52 bits per heavy atom. The molecule has 2 N–H and O–H groups in total. The third-order valence-electron chi connectivity index (χ3n) is 3.83. The summed E-state index contributed by atoms with van der Waals surface area (Å²) in [6.45, 7) is 3.51. The van der Waals surface area contributed by atoms with Crippen molar-refractivity contribution in [2.45, 2.75) is 12.5 Å². The first-order valence-corrected chi connectivity index (χ1v) is 9.27. The van der Waals surface area contributed by atoms with Crippen LogP contribution in [0.3, 0.4) is 0 Å². The average Bonchev–Trinajstić information content (AvgIpc) is 2.44. The maximum atomic E-state index is 11.5. The largest absolute Gasteiger partial charge is 0.324 e. The van der Waals surface area contributed by atoms with Crippen molar-refractivity contribution in [1.82, 2.24) is 9.21 Å². The Morgan fingerprint density at radius 2 is 1.95 bits per heavy atom. The van der Waals surface area contributed by atoms with Gasteiger partial charge in [-0.1, -0.05) is 23.7 Å². The van der Waals surface area contributed by atoms with E-state index in [0.29, 0.717) is 18.1 Å². The molecule has 0 radical (unpaired) electrons. The van der Waals surface area contributed by atoms with E-state index in [1.165, 1.54) is 10.6 Å². The third-order valence-corrected chi connectivity index (χ3v) is 5.37. The minimum atomic E-state index is -3.06. The number of benzene rings is 1. The minimum Gasteiger partial charge on any atom is -0.324 e. The predicted octanol–water partition coefficient (Wildman–Crippen LogP) is 1.31. The number of nitrogens with zero attached hydrogens (tertiary/aromatic N) is 2. The summed E-state index contributed by atoms with van der Waals surface area (Å²) in [5.41, 5.74) is 7.23. The Bertz CT molecular complexity index is 571. The molecule has 0 spiro atoms. The highest BCUT2D eigenvalue weighted by Gasteiger charge is 2.23. The van der Waals surface area contributed by atoms with Crippen LogP contribution >= 0.6 is 11.6 Å². The molecule has 1 aliphatic heterocycles. The summed E-state index contributed by atoms with van der Waals surface area (Å²) in [7, 11) is -3.06. The monoisotopic (exact) mass is 331 g/mol. The molecule has 118 valence electrons. The Morgan fingerprint density at radius 1 is 1.29 bits per heavy atom. The van der Waals surface area contributed by atoms with Gasteiger partial charge in [-0.2, -0.15) is 4.31 Å². The summed E-state index contributed by atoms with van der Waals surface area (Å²) >= 11 is 5.97. The first kappa shape index (κ1) is 16.7. The number of nitrogens with two attached hydrogens (primary N) is 1. The summed E-state index contributed by atoms with van der Waals surface area (Å²) < 4.78 is 24.4. The van der Waals surface area contributed by atoms with Gasteiger partial charge < -0.3 is 10.6 Å². The van der Waals surface area contributed by atoms with Crippen LogP contribution < -0.4 is 5.73 Å². The molecule has 1 aromatic rings. The smallest absolute Gasteiger partial charge is 0.211 e. The molecule has 1 aromatic carbocycles. The zero-order valence-corrected chi connectivity index (χ0v) is 13.8. The molecule has 1 fully saturated rings. The van der Waals surface area contributed by atoms with Crippen LogP contribution in [-0.4, -0.2) is 56.6 Å². The summed E-state index contributed by atoms with van der Waals surface area (Å²) in [5.74, 6) is 0. The molecule has 2 rings (SSSR count). The topological polar surface area (TPSA) is 66.6 Å². The maximum absolute atomic E-state index is 11.5. The lowest BCUT2D eigenvalue weighted by Gasteiger charge is -2.33. The Balaban J connectivity index is 1.80. The first-order valence-electron chi connectivity index (χ1n) is 7.05. The van der Waals surface area contributed by atoms with E-state index in [0.717, 1.165) is 31.6 Å². The molecule has 1 atom stereocenters. The maximum Gasteiger partial charge on any atom is 0.211 e. The molecule has 0 bridgehead atoms. The van der Waals surface area contributed by atoms with Gasteiger partial charge in [-0.05, 0) is 24.1 Å². The van der Waals surface area contributed by atoms with E-state index in [2.05, 4.69) is 4.90 Å². The van der Waals surface area contributed by atoms with Crippen molar-refractivity contribution < 1.29 is 8.42 Å². The number of hydrogen-bond acceptors (Lipinski definition) is 4. The van der Waals surface area contributed by atoms with Crippen LogP contribution in [0.5, 0.6) is 0 Å². The van der Waals surface area contributed by atoms with E-state index in [1.807, 2.05) is 24.3 Å². The highest BCUT2D eigenvalue weighted by Crippen LogP contribution is 2.19. The van der Waals surface area contributed by atoms with Crippen LogP contribution in [-0.2, 0) is 10.0 Å². The molecule has 0 saturated carbocycles. The summed E-state index contributed by atoms with van der Waals surface area (Å²) in [6.07, 6.45) is 2.09. The Kier molecular flexibility index (Phi) is 5.62. The second-order valence-corrected chi connectivity index (χ2v) is 7.87. The van der Waals surface area contributed by atoms with Gasteiger partial charge in [0.1, 0.15) is 0 Å². The lowest BCUT2D eigenvalue weighted by atomic mass is 10.0. The van der Waals surface area contributed by atoms with E-state index in [-0.39, 0.29) is 6.04 Å². The van der Waals surface area contributed by atoms with E-state index < -0.39 is 10.0 Å². The molecular weight excluding hydrogens is 310 g/mol. The van der Waals surface area contributed by atoms with Gasteiger partial charge >= 0.3 is 0 Å². The normalized spacial score (nSPS) is 19.6. The molecule has 0 amide bonds. The van der Waals surface area contributed by atoms with Gasteiger partial charge in [0.05, 0.1) is 6.26 Å². The van der Waals surface area contributed by atoms with Crippen LogP contribution in [0.15, 0.2) is 24.3 Å². The Labute approximate surface area is 131 Å². The first-order chi connectivity index (χ1) is 9.86. The van der Waals surface area contributed by atoms with Crippen LogP contribution in [0.25, 0.3) is 0 Å². The number of halogens is 1. The van der Waals surface area contributed by atoms with Crippen molar-refractivity contribution in [2.75, 3.05) is 39.0 Å². The van der Waals surface area contributed by atoms with Gasteiger partial charge in [-0.15, -0.1) is 0 Å². The van der Waals surface area contributed by atoms with Gasteiger partial charge in [-0.25, -0.2) is 8.42 Å². The number of piperazine rings is 1. The summed E-state index contributed by atoms with van der Waals surface area (Å²) in [5, 5.41) is 0.699. The second kappa shape index (κ2) is 7.07. The van der Waals surface area contributed by atoms with Crippen LogP contribution in [0.1, 0.15) is 18.0 Å². The molecule has 1 heterocycles. The van der Waals surface area contributed by atoms with E-state index in [1.54, 1.807) is 0 Å². The van der Waals surface area contributed by atoms with E-state index in [4.69, 9.17) is 17.3 Å². The van der Waals surface area contributed by atoms with Crippen molar-refractivity contribution in [1.29, 1.82) is 0 Å². The fourth-order valence-corrected chi connectivity index (χ4v) is 3.54. The van der Waals surface area contributed by atoms with Crippen molar-refractivity contribution in [3.05, 3.63) is 34.9 Å². The van der Waals surface area contributed by atoms with Gasteiger partial charge in [-0.3, -0.25) is 0 Å². The molecule has 1 unspecified atom stereocenters. The minimum absolute atomic E-state index is 0.0448. The highest BCUT2D eigenvalue weighted by molar-refractivity contribution is 7.88. The van der Waals surface area contributed by atoms with Crippen LogP contribution in [0.2, 0.25) is 5.02 Å². The van der Waals surface area contributed by atoms with Crippen LogP contribution in [0.4, 0.5) is 0 Å². The van der Waals surface area contributed by atoms with Crippen molar-refractivity contribution >= 4 is 21.6 Å². The summed E-state index contributed by atoms with van der Waals surface area (Å²) in [6, 6.07) is 7.58. The van der Waals surface area contributed by atoms with Gasteiger partial charge in [0.15, 0.2) is 0 Å². The van der Waals surface area contributed by atoms with Crippen LogP contribution in [0, 0.1) is 0 Å². The third kappa shape index (κ3) is 4.93. The van der Waals surface area contributed by atoms with E-state index >= 15 is 0 Å². The van der Waals surface area contributed by atoms with Crippen molar-refractivity contribution in [3.63, 3.8) is 0 Å². The molecule has 21 heavy (non-hydrogen) atoms. The van der Waals surface area contributed by atoms with Crippen molar-refractivity contribution in [2.24, 2.45) is 5.73 Å². The van der Waals surface area contributed by atoms with Gasteiger partial charge in [0.25, 0.3) is 0 Å². The highest BCUT2D eigenvalue weighted by atomic mass is 35.5. The average molecular weight is 332 g/mol. The lowest BCUT2D eigenvalue weighted by Crippen LogP contribution is -2.48. The number of rotatable bonds is 5. The van der Waals surface area contributed by atoms with Gasteiger partial charge in [0, 0.05) is 43.8 Å². The quantitative estimate of drug-likeness (QED) is 0.883. The fraction of sp³-hybridized carbons (Fsp3) is 0.571. The molecule has 1 saturated heterocycles. The number of sulfonamides is 1. The zero-order valence-electron chi connectivity index (χ0n) is 12.2. The SMILES string of the molecule is CS(=O)(=O)N1CCN(CCC(N)c2cccc(Cl)c2)CC1. The molecule has 1 aliphatic rings. The Hall–Kier alpha value is -0.660. The number of hydrogen-bond donors (Lipinski definition) is 1. The van der Waals surface area contributed by atoms with Gasteiger partial charge in [0.2, 0.25) is 10.0 Å². The molecular formula is C14H22ClN3O2S.